The van der Waals surface area contributed by atoms with E-state index < -0.39 is 5.97 Å². The van der Waals surface area contributed by atoms with Gasteiger partial charge in [-0.3, -0.25) is 14.4 Å². The van der Waals surface area contributed by atoms with Gasteiger partial charge in [-0.1, -0.05) is 37.5 Å². The van der Waals surface area contributed by atoms with Gasteiger partial charge in [0.05, 0.1) is 17.5 Å². The smallest absolute Gasteiger partial charge is 0.312 e. The molecule has 7 nitrogen and oxygen atoms in total. The largest absolute Gasteiger partial charge is 0.455 e. The normalized spacial score (nSPS) is 14.8. The van der Waals surface area contributed by atoms with Crippen LogP contribution < -0.4 is 5.56 Å². The maximum Gasteiger partial charge on any atom is 0.312 e. The monoisotopic (exact) mass is 385 g/mol. The summed E-state index contributed by atoms with van der Waals surface area (Å²) < 4.78 is 6.46. The fourth-order valence-corrected chi connectivity index (χ4v) is 3.95. The highest BCUT2D eigenvalue weighted by atomic mass is 16.5. The van der Waals surface area contributed by atoms with E-state index in [-0.39, 0.29) is 30.5 Å². The second-order valence-electron chi connectivity index (χ2n) is 7.23. The van der Waals surface area contributed by atoms with Gasteiger partial charge >= 0.3 is 5.97 Å². The van der Waals surface area contributed by atoms with Gasteiger partial charge in [-0.2, -0.15) is 5.10 Å². The number of fused-ring (bicyclic) bond motifs is 1. The van der Waals surface area contributed by atoms with Crippen molar-refractivity contribution < 1.29 is 14.3 Å². The third-order valence-electron chi connectivity index (χ3n) is 5.38. The van der Waals surface area contributed by atoms with Crippen LogP contribution in [0.3, 0.4) is 0 Å². The van der Waals surface area contributed by atoms with Crippen LogP contribution in [0.2, 0.25) is 0 Å². The molecule has 0 unspecified atom stereocenters. The fraction of sp³-hybridized carbons (Fsp3) is 0.524. The molecule has 1 aromatic heterocycles. The Morgan fingerprint density at radius 3 is 2.54 bits per heavy atom. The van der Waals surface area contributed by atoms with Gasteiger partial charge in [0, 0.05) is 25.0 Å². The van der Waals surface area contributed by atoms with Crippen LogP contribution in [0.5, 0.6) is 0 Å². The highest BCUT2D eigenvalue weighted by Crippen LogP contribution is 2.22. The summed E-state index contributed by atoms with van der Waals surface area (Å²) in [6, 6.07) is 7.29. The van der Waals surface area contributed by atoms with Gasteiger partial charge in [0.25, 0.3) is 11.5 Å². The molecule has 1 saturated carbocycles. The van der Waals surface area contributed by atoms with Crippen molar-refractivity contribution in [1.82, 2.24) is 14.7 Å². The number of benzene rings is 1. The quantitative estimate of drug-likeness (QED) is 0.712. The average molecular weight is 385 g/mol. The van der Waals surface area contributed by atoms with Gasteiger partial charge in [-0.15, -0.1) is 0 Å². The first-order valence-corrected chi connectivity index (χ1v) is 9.91. The standard InChI is InChI=1S/C21H27N3O4/c1-3-24(15-9-5-4-6-10-15)19(25)14-28-20(26)13-18-16-11-7-8-12-17(16)21(27)23(2)22-18/h7-8,11-12,15H,3-6,9-10,13-14H2,1-2H3. The van der Waals surface area contributed by atoms with E-state index in [2.05, 4.69) is 5.10 Å². The summed E-state index contributed by atoms with van der Waals surface area (Å²) in [7, 11) is 1.55. The van der Waals surface area contributed by atoms with Crippen molar-refractivity contribution in [2.75, 3.05) is 13.2 Å². The van der Waals surface area contributed by atoms with E-state index in [1.807, 2.05) is 11.8 Å². The predicted octanol–water partition coefficient (Wildman–Crippen LogP) is 2.20. The summed E-state index contributed by atoms with van der Waals surface area (Å²) >= 11 is 0. The van der Waals surface area contributed by atoms with E-state index >= 15 is 0 Å². The van der Waals surface area contributed by atoms with Crippen molar-refractivity contribution >= 4 is 22.6 Å². The lowest BCUT2D eigenvalue weighted by Gasteiger charge is -2.33. The zero-order valence-electron chi connectivity index (χ0n) is 16.5. The highest BCUT2D eigenvalue weighted by molar-refractivity contribution is 5.87. The maximum atomic E-state index is 12.5. The summed E-state index contributed by atoms with van der Waals surface area (Å²) in [5, 5.41) is 5.34. The number of rotatable bonds is 6. The van der Waals surface area contributed by atoms with Gasteiger partial charge in [0.15, 0.2) is 6.61 Å². The van der Waals surface area contributed by atoms with E-state index in [4.69, 9.17) is 4.74 Å². The van der Waals surface area contributed by atoms with Crippen molar-refractivity contribution in [3.8, 4) is 0 Å². The van der Waals surface area contributed by atoms with Gasteiger partial charge in [-0.25, -0.2) is 4.68 Å². The third-order valence-corrected chi connectivity index (χ3v) is 5.38. The van der Waals surface area contributed by atoms with Crippen molar-refractivity contribution in [3.05, 3.63) is 40.3 Å². The number of nitrogens with zero attached hydrogens (tertiary/aromatic N) is 3. The van der Waals surface area contributed by atoms with E-state index in [1.54, 1.807) is 31.3 Å². The number of amides is 1. The van der Waals surface area contributed by atoms with Crippen LogP contribution in [-0.2, 0) is 27.8 Å². The molecule has 1 fully saturated rings. The molecule has 1 aliphatic rings. The summed E-state index contributed by atoms with van der Waals surface area (Å²) in [4.78, 5) is 38.9. The molecule has 0 atom stereocenters. The molecule has 3 rings (SSSR count). The molecule has 0 bridgehead atoms. The Labute approximate surface area is 164 Å². The third kappa shape index (κ3) is 4.40. The van der Waals surface area contributed by atoms with Gasteiger partial charge < -0.3 is 9.64 Å². The molecular weight excluding hydrogens is 358 g/mol. The van der Waals surface area contributed by atoms with Crippen LogP contribution in [-0.4, -0.2) is 45.8 Å². The minimum Gasteiger partial charge on any atom is -0.455 e. The zero-order chi connectivity index (χ0) is 20.1. The molecule has 0 radical (unpaired) electrons. The first-order valence-electron chi connectivity index (χ1n) is 9.91. The Hall–Kier alpha value is -2.70. The van der Waals surface area contributed by atoms with Crippen LogP contribution in [0.1, 0.15) is 44.7 Å². The molecule has 7 heteroatoms. The SMILES string of the molecule is CCN(C(=O)COC(=O)Cc1nn(C)c(=O)c2ccccc12)C1CCCCC1. The minimum atomic E-state index is -0.524. The van der Waals surface area contributed by atoms with Crippen molar-refractivity contribution in [3.63, 3.8) is 0 Å². The number of carbonyl (C=O) groups is 2. The number of aromatic nitrogens is 2. The lowest BCUT2D eigenvalue weighted by molar-refractivity contribution is -0.152. The number of carbonyl (C=O) groups excluding carboxylic acids is 2. The van der Waals surface area contributed by atoms with Gasteiger partial charge in [0.2, 0.25) is 0 Å². The molecule has 0 aliphatic heterocycles. The van der Waals surface area contributed by atoms with Crippen LogP contribution in [0.4, 0.5) is 0 Å². The summed E-state index contributed by atoms with van der Waals surface area (Å²) in [6.07, 6.45) is 5.44. The number of likely N-dealkylation sites (N-methyl/N-ethyl adjacent to an activating group) is 1. The summed E-state index contributed by atoms with van der Waals surface area (Å²) in [5.74, 6) is -0.676. The molecule has 1 aliphatic carbocycles. The first kappa shape index (κ1) is 20.0. The molecule has 150 valence electrons. The summed E-state index contributed by atoms with van der Waals surface area (Å²) in [6.45, 7) is 2.32. The van der Waals surface area contributed by atoms with E-state index in [0.717, 1.165) is 25.7 Å². The molecule has 0 spiro atoms. The Bertz CT molecular complexity index is 915. The van der Waals surface area contributed by atoms with E-state index in [9.17, 15) is 14.4 Å². The number of hydrogen-bond donors (Lipinski definition) is 0. The number of ether oxygens (including phenoxy) is 1. The van der Waals surface area contributed by atoms with E-state index in [0.29, 0.717) is 23.0 Å². The zero-order valence-corrected chi connectivity index (χ0v) is 16.5. The number of esters is 1. The number of hydrogen-bond acceptors (Lipinski definition) is 5. The lowest BCUT2D eigenvalue weighted by Crippen LogP contribution is -2.43. The molecule has 0 saturated heterocycles. The topological polar surface area (TPSA) is 81.5 Å². The second-order valence-corrected chi connectivity index (χ2v) is 7.23. The lowest BCUT2D eigenvalue weighted by atomic mass is 9.94. The Kier molecular flexibility index (Phi) is 6.44. The predicted molar refractivity (Wildman–Crippen MR) is 106 cm³/mol. The highest BCUT2D eigenvalue weighted by Gasteiger charge is 2.25. The molecule has 0 N–H and O–H groups in total. The first-order chi connectivity index (χ1) is 13.5. The fourth-order valence-electron chi connectivity index (χ4n) is 3.95. The Morgan fingerprint density at radius 1 is 1.18 bits per heavy atom. The number of aryl methyl sites for hydroxylation is 1. The molecular formula is C21H27N3O4. The Balaban J connectivity index is 1.64. The molecule has 2 aromatic rings. The van der Waals surface area contributed by atoms with Crippen molar-refractivity contribution in [1.29, 1.82) is 0 Å². The molecule has 1 aromatic carbocycles. The molecule has 28 heavy (non-hydrogen) atoms. The maximum absolute atomic E-state index is 12.5. The van der Waals surface area contributed by atoms with Crippen LogP contribution in [0.25, 0.3) is 10.8 Å². The Morgan fingerprint density at radius 2 is 1.86 bits per heavy atom. The van der Waals surface area contributed by atoms with Crippen molar-refractivity contribution in [2.24, 2.45) is 7.05 Å². The summed E-state index contributed by atoms with van der Waals surface area (Å²) in [5.41, 5.74) is 0.253. The van der Waals surface area contributed by atoms with Crippen LogP contribution in [0.15, 0.2) is 29.1 Å². The van der Waals surface area contributed by atoms with Crippen molar-refractivity contribution in [2.45, 2.75) is 51.5 Å². The van der Waals surface area contributed by atoms with Gasteiger partial charge in [-0.05, 0) is 25.8 Å². The average Bonchev–Trinajstić information content (AvgIpc) is 2.72. The minimum absolute atomic E-state index is 0.0858. The van der Waals surface area contributed by atoms with E-state index in [1.165, 1.54) is 11.1 Å². The van der Waals surface area contributed by atoms with Crippen LogP contribution >= 0.6 is 0 Å². The van der Waals surface area contributed by atoms with Gasteiger partial charge in [0.1, 0.15) is 0 Å². The molecule has 1 heterocycles. The molecule has 1 amide bonds. The van der Waals surface area contributed by atoms with Crippen LogP contribution in [0, 0.1) is 0 Å². The second kappa shape index (κ2) is 8.99.